The van der Waals surface area contributed by atoms with Crippen molar-refractivity contribution < 1.29 is 47.1 Å². The van der Waals surface area contributed by atoms with Crippen molar-refractivity contribution in [3.05, 3.63) is 30.0 Å². The van der Waals surface area contributed by atoms with E-state index < -0.39 is 12.1 Å². The maximum Gasteiger partial charge on any atom is 0.490 e. The molecule has 0 saturated heterocycles. The summed E-state index contributed by atoms with van der Waals surface area (Å²) in [5.41, 5.74) is 1.66. The molecule has 0 fully saturated rings. The molecule has 4 aromatic rings. The lowest BCUT2D eigenvalue weighted by Gasteiger charge is -2.16. The van der Waals surface area contributed by atoms with E-state index in [2.05, 4.69) is 25.3 Å². The second-order valence-corrected chi connectivity index (χ2v) is 7.33. The van der Waals surface area contributed by atoms with Crippen LogP contribution in [0.5, 0.6) is 28.9 Å². The molecule has 202 valence electrons. The largest absolute Gasteiger partial charge is 0.494 e. The van der Waals surface area contributed by atoms with Crippen molar-refractivity contribution in [1.29, 1.82) is 0 Å². The first-order chi connectivity index (χ1) is 17.9. The summed E-state index contributed by atoms with van der Waals surface area (Å²) in [5.74, 6) is -0.751. The number of para-hydroxylation sites is 1. The molecule has 0 saturated carbocycles. The average Bonchev–Trinajstić information content (AvgIpc) is 2.87. The van der Waals surface area contributed by atoms with Gasteiger partial charge in [-0.2, -0.15) is 18.2 Å². The predicted molar refractivity (Wildman–Crippen MR) is 129 cm³/mol. The molecule has 0 bridgehead atoms. The van der Waals surface area contributed by atoms with Crippen LogP contribution in [0.15, 0.2) is 24.3 Å². The number of anilines is 2. The number of hydrogen-bond acceptors (Lipinski definition) is 11. The first kappa shape index (κ1) is 27.8. The van der Waals surface area contributed by atoms with Crippen molar-refractivity contribution in [1.82, 2.24) is 19.9 Å². The lowest BCUT2D eigenvalue weighted by atomic mass is 10.1. The van der Waals surface area contributed by atoms with Crippen molar-refractivity contribution in [3.8, 4) is 28.9 Å². The van der Waals surface area contributed by atoms with Crippen molar-refractivity contribution in [2.45, 2.75) is 13.1 Å². The van der Waals surface area contributed by atoms with Crippen LogP contribution >= 0.6 is 0 Å². The lowest BCUT2D eigenvalue weighted by molar-refractivity contribution is -0.192. The SMILES string of the molecule is COc1cc2c(C)nc(Nc3nc(O)c4cccc(OC)c4n3)nc2c(OC)c1OC.O=C(O)C(F)(F)F. The van der Waals surface area contributed by atoms with Crippen molar-refractivity contribution >= 4 is 39.7 Å². The quantitative estimate of drug-likeness (QED) is 0.325. The van der Waals surface area contributed by atoms with Crippen molar-refractivity contribution in [3.63, 3.8) is 0 Å². The number of aliphatic carboxylic acids is 1. The summed E-state index contributed by atoms with van der Waals surface area (Å²) in [6, 6.07) is 7.00. The molecule has 0 aliphatic rings. The molecule has 0 spiro atoms. The number of ether oxygens (including phenoxy) is 4. The number of alkyl halides is 3. The molecule has 0 atom stereocenters. The first-order valence-corrected chi connectivity index (χ1v) is 10.5. The van der Waals surface area contributed by atoms with E-state index in [9.17, 15) is 18.3 Å². The zero-order chi connectivity index (χ0) is 28.2. The van der Waals surface area contributed by atoms with Crippen LogP contribution in [0.3, 0.4) is 0 Å². The molecular weight excluding hydrogens is 515 g/mol. The summed E-state index contributed by atoms with van der Waals surface area (Å²) in [4.78, 5) is 26.5. The number of benzene rings is 2. The molecule has 12 nitrogen and oxygen atoms in total. The maximum atomic E-state index is 10.6. The third-order valence-electron chi connectivity index (χ3n) is 5.04. The second-order valence-electron chi connectivity index (χ2n) is 7.33. The first-order valence-electron chi connectivity index (χ1n) is 10.5. The van der Waals surface area contributed by atoms with Crippen LogP contribution in [-0.4, -0.2) is 70.7 Å². The van der Waals surface area contributed by atoms with Gasteiger partial charge in [-0.15, -0.1) is 0 Å². The van der Waals surface area contributed by atoms with E-state index >= 15 is 0 Å². The number of carboxylic acids is 1. The van der Waals surface area contributed by atoms with Gasteiger partial charge in [0.25, 0.3) is 0 Å². The Labute approximate surface area is 213 Å². The average molecular weight is 537 g/mol. The van der Waals surface area contributed by atoms with Gasteiger partial charge in [-0.1, -0.05) is 6.07 Å². The summed E-state index contributed by atoms with van der Waals surface area (Å²) in [6.07, 6.45) is -5.08. The van der Waals surface area contributed by atoms with Gasteiger partial charge in [-0.3, -0.25) is 5.32 Å². The summed E-state index contributed by atoms with van der Waals surface area (Å²) < 4.78 is 53.5. The molecular formula is C23H22F3N5O7. The number of aryl methyl sites for hydroxylation is 1. The Morgan fingerprint density at radius 3 is 1.97 bits per heavy atom. The Bertz CT molecular complexity index is 1500. The van der Waals surface area contributed by atoms with E-state index in [0.717, 1.165) is 5.39 Å². The zero-order valence-electron chi connectivity index (χ0n) is 20.7. The smallest absolute Gasteiger partial charge is 0.490 e. The molecule has 2 heterocycles. The van der Waals surface area contributed by atoms with E-state index in [1.165, 1.54) is 21.3 Å². The van der Waals surface area contributed by atoms with Gasteiger partial charge >= 0.3 is 12.1 Å². The Hall–Kier alpha value is -4.82. The fraction of sp³-hybridized carbons (Fsp3) is 0.261. The molecule has 0 radical (unpaired) electrons. The minimum Gasteiger partial charge on any atom is -0.494 e. The lowest BCUT2D eigenvalue weighted by Crippen LogP contribution is -2.21. The van der Waals surface area contributed by atoms with Gasteiger partial charge in [0.2, 0.25) is 23.5 Å². The van der Waals surface area contributed by atoms with Crippen LogP contribution in [0.2, 0.25) is 0 Å². The molecule has 0 aliphatic carbocycles. The van der Waals surface area contributed by atoms with Gasteiger partial charge < -0.3 is 29.2 Å². The zero-order valence-corrected chi connectivity index (χ0v) is 20.7. The summed E-state index contributed by atoms with van der Waals surface area (Å²) >= 11 is 0. The van der Waals surface area contributed by atoms with Gasteiger partial charge in [0.15, 0.2) is 11.5 Å². The third-order valence-corrected chi connectivity index (χ3v) is 5.04. The second kappa shape index (κ2) is 11.1. The highest BCUT2D eigenvalue weighted by Crippen LogP contribution is 2.43. The highest BCUT2D eigenvalue weighted by Gasteiger charge is 2.38. The van der Waals surface area contributed by atoms with Gasteiger partial charge in [0.1, 0.15) is 16.8 Å². The number of aromatic nitrogens is 4. The number of nitrogens with one attached hydrogen (secondary N) is 1. The summed E-state index contributed by atoms with van der Waals surface area (Å²) in [5, 5.41) is 21.6. The molecule has 38 heavy (non-hydrogen) atoms. The molecule has 2 aromatic heterocycles. The maximum absolute atomic E-state index is 10.6. The Morgan fingerprint density at radius 1 is 0.842 bits per heavy atom. The monoisotopic (exact) mass is 537 g/mol. The fourth-order valence-corrected chi connectivity index (χ4v) is 3.36. The third kappa shape index (κ3) is 5.61. The number of fused-ring (bicyclic) bond motifs is 2. The number of methoxy groups -OCH3 is 4. The number of aromatic hydroxyl groups is 1. The summed E-state index contributed by atoms with van der Waals surface area (Å²) in [6.45, 7) is 1.84. The van der Waals surface area contributed by atoms with E-state index in [1.807, 2.05) is 6.92 Å². The van der Waals surface area contributed by atoms with Crippen LogP contribution in [0.25, 0.3) is 21.8 Å². The number of carboxylic acid groups (broad SMARTS) is 1. The van der Waals surface area contributed by atoms with Crippen LogP contribution in [-0.2, 0) is 4.79 Å². The number of carbonyl (C=O) groups is 1. The Morgan fingerprint density at radius 2 is 1.42 bits per heavy atom. The van der Waals surface area contributed by atoms with E-state index in [1.54, 1.807) is 31.4 Å². The van der Waals surface area contributed by atoms with E-state index in [-0.39, 0.29) is 17.8 Å². The minimum absolute atomic E-state index is 0.118. The number of hydrogen-bond donors (Lipinski definition) is 3. The van der Waals surface area contributed by atoms with Gasteiger partial charge in [0.05, 0.1) is 39.5 Å². The molecule has 3 N–H and O–H groups in total. The van der Waals surface area contributed by atoms with Crippen LogP contribution in [0, 0.1) is 6.92 Å². The highest BCUT2D eigenvalue weighted by molar-refractivity contribution is 5.92. The van der Waals surface area contributed by atoms with Gasteiger partial charge in [-0.05, 0) is 25.1 Å². The van der Waals surface area contributed by atoms with Crippen LogP contribution < -0.4 is 24.3 Å². The number of nitrogens with zero attached hydrogens (tertiary/aromatic N) is 4. The molecule has 4 rings (SSSR count). The normalized spacial score (nSPS) is 10.9. The van der Waals surface area contributed by atoms with Crippen LogP contribution in [0.1, 0.15) is 5.69 Å². The fourth-order valence-electron chi connectivity index (χ4n) is 3.36. The van der Waals surface area contributed by atoms with Crippen molar-refractivity contribution in [2.75, 3.05) is 33.8 Å². The van der Waals surface area contributed by atoms with Gasteiger partial charge in [-0.25, -0.2) is 19.7 Å². The Balaban J connectivity index is 0.000000505. The molecule has 0 aliphatic heterocycles. The van der Waals surface area contributed by atoms with Crippen LogP contribution in [0.4, 0.5) is 25.1 Å². The topological polar surface area (TPSA) is 158 Å². The number of rotatable bonds is 6. The number of halogens is 3. The molecule has 2 aromatic carbocycles. The predicted octanol–water partition coefficient (Wildman–Crippen LogP) is 4.00. The minimum atomic E-state index is -5.08. The Kier molecular flexibility index (Phi) is 8.08. The summed E-state index contributed by atoms with van der Waals surface area (Å²) in [7, 11) is 6.13. The van der Waals surface area contributed by atoms with E-state index in [0.29, 0.717) is 45.1 Å². The van der Waals surface area contributed by atoms with Gasteiger partial charge in [0, 0.05) is 5.39 Å². The van der Waals surface area contributed by atoms with Crippen molar-refractivity contribution in [2.24, 2.45) is 0 Å². The van der Waals surface area contributed by atoms with E-state index in [4.69, 9.17) is 28.8 Å². The molecule has 0 unspecified atom stereocenters. The highest BCUT2D eigenvalue weighted by atomic mass is 19.4. The molecule has 0 amide bonds. The molecule has 15 heteroatoms. The standard InChI is InChI=1S/C21H21N5O5.C2HF3O2/c1-10-12-9-14(29-3)17(30-4)18(31-5)16(12)24-20(22-10)26-21-23-15-11(19(27)25-21)7-6-8-13(15)28-2;3-2(4,5)1(6)7/h6-9H,1-5H3,(H2,22,23,24,25,26,27);(H,6,7).